The van der Waals surface area contributed by atoms with Gasteiger partial charge in [-0.1, -0.05) is 57.9 Å². The van der Waals surface area contributed by atoms with Crippen LogP contribution in [0.4, 0.5) is 0 Å². The molecule has 2 aliphatic rings. The Morgan fingerprint density at radius 2 is 1.69 bits per heavy atom. The minimum atomic E-state index is 0.287. The molecule has 88 valence electrons. The van der Waals surface area contributed by atoms with Gasteiger partial charge in [-0.05, 0) is 41.7 Å². The standard InChI is InChI=1S/C16H24/c1-16(2,3)15-10-6-9-14(11-12-15)13-7-4-5-8-13/h9-13H,4-8H2,1-3H3. The molecule has 0 heteroatoms. The second kappa shape index (κ2) is 4.61. The lowest BCUT2D eigenvalue weighted by Gasteiger charge is -2.19. The SMILES string of the molecule is CC(C)(C)C1=CCC=C(C2CCCC2)C=C1. The number of rotatable bonds is 1. The Morgan fingerprint density at radius 1 is 1.00 bits per heavy atom. The average Bonchev–Trinajstić information content (AvgIpc) is 2.60. The molecule has 0 aliphatic heterocycles. The quantitative estimate of drug-likeness (QED) is 0.576. The molecular formula is C16H24. The smallest absolute Gasteiger partial charge is 0.0135 e. The molecule has 0 spiro atoms. The fourth-order valence-corrected chi connectivity index (χ4v) is 2.76. The number of hydrogen-bond donors (Lipinski definition) is 0. The van der Waals surface area contributed by atoms with Crippen LogP contribution in [0.3, 0.4) is 0 Å². The second-order valence-electron chi connectivity index (χ2n) is 6.16. The average molecular weight is 216 g/mol. The fourth-order valence-electron chi connectivity index (χ4n) is 2.76. The van der Waals surface area contributed by atoms with Gasteiger partial charge in [0.1, 0.15) is 0 Å². The van der Waals surface area contributed by atoms with Crippen LogP contribution in [0, 0.1) is 11.3 Å². The van der Waals surface area contributed by atoms with Gasteiger partial charge in [-0.15, -0.1) is 0 Å². The zero-order valence-electron chi connectivity index (χ0n) is 10.9. The fraction of sp³-hybridized carbons (Fsp3) is 0.625. The first-order valence-corrected chi connectivity index (χ1v) is 6.66. The first-order valence-electron chi connectivity index (χ1n) is 6.66. The first-order chi connectivity index (χ1) is 7.57. The third-order valence-corrected chi connectivity index (χ3v) is 3.84. The number of allylic oxidation sites excluding steroid dienone is 6. The van der Waals surface area contributed by atoms with Crippen molar-refractivity contribution in [1.82, 2.24) is 0 Å². The van der Waals surface area contributed by atoms with Crippen LogP contribution < -0.4 is 0 Å². The molecule has 0 saturated heterocycles. The Balaban J connectivity index is 2.09. The summed E-state index contributed by atoms with van der Waals surface area (Å²) in [5.74, 6) is 0.851. The highest BCUT2D eigenvalue weighted by molar-refractivity contribution is 5.36. The Labute approximate surface area is 100 Å². The van der Waals surface area contributed by atoms with E-state index in [2.05, 4.69) is 45.1 Å². The van der Waals surface area contributed by atoms with Crippen molar-refractivity contribution in [1.29, 1.82) is 0 Å². The summed E-state index contributed by atoms with van der Waals surface area (Å²) >= 11 is 0. The molecule has 2 rings (SSSR count). The molecule has 1 saturated carbocycles. The van der Waals surface area contributed by atoms with Gasteiger partial charge in [0.05, 0.1) is 0 Å². The molecule has 0 nitrogen and oxygen atoms in total. The molecular weight excluding hydrogens is 192 g/mol. The van der Waals surface area contributed by atoms with Crippen LogP contribution in [0.2, 0.25) is 0 Å². The lowest BCUT2D eigenvalue weighted by Crippen LogP contribution is -2.07. The van der Waals surface area contributed by atoms with Crippen molar-refractivity contribution in [3.05, 3.63) is 35.5 Å². The molecule has 2 aliphatic carbocycles. The molecule has 1 fully saturated rings. The second-order valence-corrected chi connectivity index (χ2v) is 6.16. The highest BCUT2D eigenvalue weighted by Gasteiger charge is 2.20. The predicted octanol–water partition coefficient (Wildman–Crippen LogP) is 5.04. The summed E-state index contributed by atoms with van der Waals surface area (Å²) in [7, 11) is 0. The molecule has 0 aromatic carbocycles. The molecule has 16 heavy (non-hydrogen) atoms. The highest BCUT2D eigenvalue weighted by Crippen LogP contribution is 2.35. The van der Waals surface area contributed by atoms with Gasteiger partial charge in [-0.25, -0.2) is 0 Å². The Morgan fingerprint density at radius 3 is 2.31 bits per heavy atom. The normalized spacial score (nSPS) is 22.9. The van der Waals surface area contributed by atoms with Crippen LogP contribution in [0.1, 0.15) is 52.9 Å². The van der Waals surface area contributed by atoms with E-state index in [4.69, 9.17) is 0 Å². The van der Waals surface area contributed by atoms with Crippen molar-refractivity contribution in [2.45, 2.75) is 52.9 Å². The van der Waals surface area contributed by atoms with E-state index in [1.54, 1.807) is 5.57 Å². The van der Waals surface area contributed by atoms with Crippen molar-refractivity contribution in [3.8, 4) is 0 Å². The van der Waals surface area contributed by atoms with Gasteiger partial charge in [0.25, 0.3) is 0 Å². The van der Waals surface area contributed by atoms with Gasteiger partial charge < -0.3 is 0 Å². The molecule has 0 atom stereocenters. The molecule has 0 aromatic heterocycles. The van der Waals surface area contributed by atoms with Gasteiger partial charge in [-0.2, -0.15) is 0 Å². The molecule has 0 amide bonds. The topological polar surface area (TPSA) is 0 Å². The zero-order chi connectivity index (χ0) is 11.6. The van der Waals surface area contributed by atoms with Crippen LogP contribution in [0.25, 0.3) is 0 Å². The maximum absolute atomic E-state index is 2.44. The van der Waals surface area contributed by atoms with Crippen molar-refractivity contribution in [3.63, 3.8) is 0 Å². The summed E-state index contributed by atoms with van der Waals surface area (Å²) in [6, 6.07) is 0. The van der Waals surface area contributed by atoms with E-state index in [0.717, 1.165) is 12.3 Å². The van der Waals surface area contributed by atoms with Gasteiger partial charge in [0.15, 0.2) is 0 Å². The highest BCUT2D eigenvalue weighted by atomic mass is 14.2. The maximum atomic E-state index is 2.44. The van der Waals surface area contributed by atoms with Gasteiger partial charge in [0, 0.05) is 0 Å². The van der Waals surface area contributed by atoms with E-state index in [0.29, 0.717) is 0 Å². The van der Waals surface area contributed by atoms with E-state index >= 15 is 0 Å². The Bertz CT molecular complexity index is 328. The van der Waals surface area contributed by atoms with E-state index < -0.39 is 0 Å². The van der Waals surface area contributed by atoms with E-state index in [-0.39, 0.29) is 5.41 Å². The van der Waals surface area contributed by atoms with E-state index in [1.807, 2.05) is 0 Å². The maximum Gasteiger partial charge on any atom is -0.0135 e. The monoisotopic (exact) mass is 216 g/mol. The summed E-state index contributed by atoms with van der Waals surface area (Å²) < 4.78 is 0. The lowest BCUT2D eigenvalue weighted by atomic mass is 9.85. The Hall–Kier alpha value is -0.780. The molecule has 0 bridgehead atoms. The minimum absolute atomic E-state index is 0.287. The van der Waals surface area contributed by atoms with Gasteiger partial charge in [0.2, 0.25) is 0 Å². The van der Waals surface area contributed by atoms with Crippen molar-refractivity contribution in [2.75, 3.05) is 0 Å². The third kappa shape index (κ3) is 2.66. The van der Waals surface area contributed by atoms with Crippen LogP contribution in [-0.2, 0) is 0 Å². The zero-order valence-corrected chi connectivity index (χ0v) is 10.9. The van der Waals surface area contributed by atoms with E-state index in [9.17, 15) is 0 Å². The van der Waals surface area contributed by atoms with Crippen molar-refractivity contribution in [2.24, 2.45) is 11.3 Å². The predicted molar refractivity (Wildman–Crippen MR) is 71.3 cm³/mol. The first kappa shape index (κ1) is 11.7. The van der Waals surface area contributed by atoms with Crippen LogP contribution in [0.15, 0.2) is 35.5 Å². The summed E-state index contributed by atoms with van der Waals surface area (Å²) in [6.45, 7) is 6.89. The molecule has 0 aromatic rings. The molecule has 0 radical (unpaired) electrons. The summed E-state index contributed by atoms with van der Waals surface area (Å²) in [5.41, 5.74) is 3.36. The summed E-state index contributed by atoms with van der Waals surface area (Å²) in [4.78, 5) is 0. The third-order valence-electron chi connectivity index (χ3n) is 3.84. The largest absolute Gasteiger partial charge is 0.0772 e. The lowest BCUT2D eigenvalue weighted by molar-refractivity contribution is 0.515. The van der Waals surface area contributed by atoms with Crippen molar-refractivity contribution < 1.29 is 0 Å². The van der Waals surface area contributed by atoms with Crippen LogP contribution >= 0.6 is 0 Å². The van der Waals surface area contributed by atoms with Crippen molar-refractivity contribution >= 4 is 0 Å². The van der Waals surface area contributed by atoms with Crippen LogP contribution in [-0.4, -0.2) is 0 Å². The van der Waals surface area contributed by atoms with Crippen LogP contribution in [0.5, 0.6) is 0 Å². The Kier molecular flexibility index (Phi) is 3.37. The molecule has 0 unspecified atom stereocenters. The summed E-state index contributed by atoms with van der Waals surface area (Å²) in [6.07, 6.45) is 16.3. The van der Waals surface area contributed by atoms with Gasteiger partial charge in [-0.3, -0.25) is 0 Å². The minimum Gasteiger partial charge on any atom is -0.0772 e. The van der Waals surface area contributed by atoms with Gasteiger partial charge >= 0.3 is 0 Å². The molecule has 0 heterocycles. The molecule has 0 N–H and O–H groups in total. The summed E-state index contributed by atoms with van der Waals surface area (Å²) in [5, 5.41) is 0. The van der Waals surface area contributed by atoms with E-state index in [1.165, 1.54) is 31.3 Å². The number of hydrogen-bond acceptors (Lipinski definition) is 0.